The van der Waals surface area contributed by atoms with E-state index >= 15 is 0 Å². The average molecular weight is 428 g/mol. The molecule has 0 unspecified atom stereocenters. The van der Waals surface area contributed by atoms with Gasteiger partial charge in [-0.3, -0.25) is 9.59 Å². The minimum absolute atomic E-state index is 0.0951. The summed E-state index contributed by atoms with van der Waals surface area (Å²) in [6, 6.07) is 0. The van der Waals surface area contributed by atoms with Crippen LogP contribution in [0.5, 0.6) is 0 Å². The lowest BCUT2D eigenvalue weighted by Crippen LogP contribution is -2.45. The molecule has 4 N–H and O–H groups in total. The van der Waals surface area contributed by atoms with Gasteiger partial charge in [-0.15, -0.1) is 0 Å². The molecule has 0 aromatic carbocycles. The lowest BCUT2D eigenvalue weighted by Gasteiger charge is -2.43. The molecule has 1 aliphatic carbocycles. The van der Waals surface area contributed by atoms with Crippen LogP contribution in [-0.2, 0) is 9.59 Å². The Morgan fingerprint density at radius 2 is 1.73 bits per heavy atom. The van der Waals surface area contributed by atoms with Gasteiger partial charge >= 0.3 is 5.97 Å². The largest absolute Gasteiger partial charge is 0.481 e. The predicted octanol–water partition coefficient (Wildman–Crippen LogP) is 3.98. The normalized spacial score (nSPS) is 26.8. The lowest BCUT2D eigenvalue weighted by atomic mass is 9.64. The number of amides is 1. The first-order valence-electron chi connectivity index (χ1n) is 11.9. The molecule has 0 spiro atoms. The Labute approximate surface area is 182 Å². The zero-order valence-electron chi connectivity index (χ0n) is 19.7. The highest BCUT2D eigenvalue weighted by molar-refractivity contribution is 5.81. The van der Waals surface area contributed by atoms with E-state index in [1.165, 1.54) is 6.42 Å². The van der Waals surface area contributed by atoms with Crippen LogP contribution in [0.3, 0.4) is 0 Å². The van der Waals surface area contributed by atoms with Crippen molar-refractivity contribution in [3.8, 4) is 0 Å². The second-order valence-corrected chi connectivity index (χ2v) is 10.1. The van der Waals surface area contributed by atoms with Gasteiger partial charge in [0.15, 0.2) is 0 Å². The van der Waals surface area contributed by atoms with Gasteiger partial charge in [-0.2, -0.15) is 0 Å². The first kappa shape index (κ1) is 26.9. The van der Waals surface area contributed by atoms with Gasteiger partial charge in [-0.1, -0.05) is 53.9 Å². The SMILES string of the molecule is CCC[C@H]1CC[C@@H](C)[C@@H](CC[C@@H](O)C[C@H](O)CC(=O)O)[C@@H]1CNC(=O)C(C)(C)CC. The summed E-state index contributed by atoms with van der Waals surface area (Å²) < 4.78 is 0. The van der Waals surface area contributed by atoms with Crippen LogP contribution >= 0.6 is 0 Å². The smallest absolute Gasteiger partial charge is 0.305 e. The van der Waals surface area contributed by atoms with Gasteiger partial charge in [-0.05, 0) is 55.8 Å². The minimum Gasteiger partial charge on any atom is -0.481 e. The predicted molar refractivity (Wildman–Crippen MR) is 119 cm³/mol. The fourth-order valence-corrected chi connectivity index (χ4v) is 4.93. The summed E-state index contributed by atoms with van der Waals surface area (Å²) in [4.78, 5) is 23.4. The molecule has 0 aliphatic heterocycles. The van der Waals surface area contributed by atoms with Crippen molar-refractivity contribution >= 4 is 11.9 Å². The maximum Gasteiger partial charge on any atom is 0.305 e. The number of carbonyl (C=O) groups is 2. The van der Waals surface area contributed by atoms with Crippen molar-refractivity contribution in [1.29, 1.82) is 0 Å². The number of aliphatic hydroxyl groups excluding tert-OH is 2. The molecule has 0 bridgehead atoms. The number of hydrogen-bond acceptors (Lipinski definition) is 4. The molecule has 0 radical (unpaired) electrons. The van der Waals surface area contributed by atoms with Crippen molar-refractivity contribution in [3.63, 3.8) is 0 Å². The number of nitrogens with one attached hydrogen (secondary N) is 1. The molecule has 0 saturated heterocycles. The minimum atomic E-state index is -1.05. The highest BCUT2D eigenvalue weighted by Crippen LogP contribution is 2.43. The molecule has 1 amide bonds. The molecule has 6 nitrogen and oxygen atoms in total. The number of hydrogen-bond donors (Lipinski definition) is 4. The molecule has 30 heavy (non-hydrogen) atoms. The van der Waals surface area contributed by atoms with Gasteiger partial charge in [0.05, 0.1) is 18.6 Å². The van der Waals surface area contributed by atoms with Gasteiger partial charge in [0, 0.05) is 12.0 Å². The highest BCUT2D eigenvalue weighted by Gasteiger charge is 2.38. The molecule has 1 saturated carbocycles. The third-order valence-corrected chi connectivity index (χ3v) is 7.32. The second kappa shape index (κ2) is 12.7. The van der Waals surface area contributed by atoms with Crippen LogP contribution in [-0.4, -0.2) is 45.9 Å². The van der Waals surface area contributed by atoms with Gasteiger partial charge < -0.3 is 20.6 Å². The lowest BCUT2D eigenvalue weighted by molar-refractivity contribution is -0.139. The van der Waals surface area contributed by atoms with Crippen molar-refractivity contribution in [1.82, 2.24) is 5.32 Å². The van der Waals surface area contributed by atoms with E-state index in [0.717, 1.165) is 32.1 Å². The number of carboxylic acid groups (broad SMARTS) is 1. The first-order chi connectivity index (χ1) is 14.0. The molecule has 0 aromatic rings. The molecule has 6 heteroatoms. The Morgan fingerprint density at radius 3 is 2.30 bits per heavy atom. The Bertz CT molecular complexity index is 536. The van der Waals surface area contributed by atoms with E-state index in [1.54, 1.807) is 0 Å². The van der Waals surface area contributed by atoms with E-state index in [2.05, 4.69) is 19.2 Å². The van der Waals surface area contributed by atoms with Crippen LogP contribution in [0.1, 0.15) is 92.4 Å². The maximum absolute atomic E-state index is 12.6. The monoisotopic (exact) mass is 427 g/mol. The Kier molecular flexibility index (Phi) is 11.3. The summed E-state index contributed by atoms with van der Waals surface area (Å²) in [5.41, 5.74) is -0.369. The van der Waals surface area contributed by atoms with Crippen molar-refractivity contribution in [2.24, 2.45) is 29.1 Å². The Balaban J connectivity index is 2.76. The number of carbonyl (C=O) groups excluding carboxylic acids is 1. The van der Waals surface area contributed by atoms with Crippen LogP contribution in [0.2, 0.25) is 0 Å². The van der Waals surface area contributed by atoms with Crippen LogP contribution in [0, 0.1) is 29.1 Å². The molecule has 1 rings (SSSR count). The van der Waals surface area contributed by atoms with Crippen LogP contribution in [0.15, 0.2) is 0 Å². The van der Waals surface area contributed by atoms with Crippen LogP contribution < -0.4 is 5.32 Å². The number of aliphatic hydroxyl groups is 2. The summed E-state index contributed by atoms with van der Waals surface area (Å²) in [7, 11) is 0. The molecule has 0 aromatic heterocycles. The van der Waals surface area contributed by atoms with E-state index in [0.29, 0.717) is 36.6 Å². The quantitative estimate of drug-likeness (QED) is 0.356. The summed E-state index contributed by atoms with van der Waals surface area (Å²) in [6.07, 6.45) is 4.85. The third kappa shape index (κ3) is 8.54. The second-order valence-electron chi connectivity index (χ2n) is 10.1. The van der Waals surface area contributed by atoms with E-state index in [4.69, 9.17) is 5.11 Å². The molecule has 0 heterocycles. The van der Waals surface area contributed by atoms with E-state index in [9.17, 15) is 19.8 Å². The van der Waals surface area contributed by atoms with Gasteiger partial charge in [0.2, 0.25) is 5.91 Å². The van der Waals surface area contributed by atoms with Crippen LogP contribution in [0.4, 0.5) is 0 Å². The summed E-state index contributed by atoms with van der Waals surface area (Å²) in [6.45, 7) is 11.1. The molecule has 6 atom stereocenters. The number of rotatable bonds is 13. The number of aliphatic carboxylic acids is 1. The summed E-state index contributed by atoms with van der Waals surface area (Å²) in [5, 5.41) is 32.1. The van der Waals surface area contributed by atoms with Crippen molar-refractivity contribution in [3.05, 3.63) is 0 Å². The molecule has 1 aliphatic rings. The highest BCUT2D eigenvalue weighted by atomic mass is 16.4. The average Bonchev–Trinajstić information content (AvgIpc) is 2.66. The summed E-state index contributed by atoms with van der Waals surface area (Å²) >= 11 is 0. The summed E-state index contributed by atoms with van der Waals surface area (Å²) in [5.74, 6) is 0.956. The van der Waals surface area contributed by atoms with E-state index in [1.807, 2.05) is 20.8 Å². The molecular weight excluding hydrogens is 382 g/mol. The van der Waals surface area contributed by atoms with Crippen molar-refractivity contribution in [2.75, 3.05) is 6.54 Å². The standard InChI is InChI=1S/C24H45NO5/c1-6-8-17-10-9-16(3)20(12-11-18(26)13-19(27)14-22(28)29)21(17)15-25-23(30)24(4,5)7-2/h16-21,26-27H,6-15H2,1-5H3,(H,25,30)(H,28,29)/t16-,17+,18-,19+,20-,21-/m1/s1. The molecule has 176 valence electrons. The fourth-order valence-electron chi connectivity index (χ4n) is 4.93. The molecule has 1 fully saturated rings. The third-order valence-electron chi connectivity index (χ3n) is 7.32. The fraction of sp³-hybridized carbons (Fsp3) is 0.917. The number of carboxylic acids is 1. The Hall–Kier alpha value is -1.14. The van der Waals surface area contributed by atoms with E-state index in [-0.39, 0.29) is 24.2 Å². The van der Waals surface area contributed by atoms with Crippen molar-refractivity contribution in [2.45, 2.75) is 105 Å². The maximum atomic E-state index is 12.6. The van der Waals surface area contributed by atoms with E-state index < -0.39 is 18.2 Å². The van der Waals surface area contributed by atoms with Gasteiger partial charge in [0.1, 0.15) is 0 Å². The molecular formula is C24H45NO5. The zero-order valence-corrected chi connectivity index (χ0v) is 19.7. The van der Waals surface area contributed by atoms with Crippen LogP contribution in [0.25, 0.3) is 0 Å². The Morgan fingerprint density at radius 1 is 1.07 bits per heavy atom. The zero-order chi connectivity index (χ0) is 22.9. The van der Waals surface area contributed by atoms with Gasteiger partial charge in [0.25, 0.3) is 0 Å². The first-order valence-corrected chi connectivity index (χ1v) is 11.9. The van der Waals surface area contributed by atoms with Crippen molar-refractivity contribution < 1.29 is 24.9 Å². The topological polar surface area (TPSA) is 107 Å². The van der Waals surface area contributed by atoms with Gasteiger partial charge in [-0.25, -0.2) is 0 Å².